The highest BCUT2D eigenvalue weighted by Crippen LogP contribution is 2.30. The second-order valence-electron chi connectivity index (χ2n) is 6.29. The highest BCUT2D eigenvalue weighted by atomic mass is 19.1. The maximum atomic E-state index is 13.2. The third-order valence-electron chi connectivity index (χ3n) is 4.37. The van der Waals surface area contributed by atoms with E-state index in [4.69, 9.17) is 4.74 Å². The lowest BCUT2D eigenvalue weighted by Gasteiger charge is -2.06. The highest BCUT2D eigenvalue weighted by molar-refractivity contribution is 6.39. The van der Waals surface area contributed by atoms with E-state index in [1.54, 1.807) is 37.4 Å². The number of halogens is 1. The zero-order chi connectivity index (χ0) is 21.0. The molecule has 3 aromatic rings. The first-order valence-corrected chi connectivity index (χ1v) is 8.96. The van der Waals surface area contributed by atoms with Gasteiger partial charge in [-0.1, -0.05) is 12.1 Å². The Morgan fingerprint density at radius 1 is 1.17 bits per heavy atom. The zero-order valence-electron chi connectivity index (χ0n) is 16.0. The SMILES string of the molecule is CCOC(=O)C(=O)C=C(O)c1cn(Cc2ccc(F)cc2)c2ccc(OC)cc12. The first-order chi connectivity index (χ1) is 13.9. The lowest BCUT2D eigenvalue weighted by molar-refractivity contribution is -0.151. The summed E-state index contributed by atoms with van der Waals surface area (Å²) in [6.07, 6.45) is 2.51. The predicted octanol–water partition coefficient (Wildman–Crippen LogP) is 3.87. The topological polar surface area (TPSA) is 77.8 Å². The number of carbonyl (C=O) groups excluding carboxylic acids is 2. The average molecular weight is 397 g/mol. The lowest BCUT2D eigenvalue weighted by atomic mass is 10.1. The van der Waals surface area contributed by atoms with Crippen molar-refractivity contribution in [3.05, 3.63) is 71.7 Å². The molecule has 0 saturated heterocycles. The molecule has 1 heterocycles. The van der Waals surface area contributed by atoms with Crippen molar-refractivity contribution in [1.82, 2.24) is 4.57 Å². The molecule has 3 rings (SSSR count). The predicted molar refractivity (Wildman–Crippen MR) is 106 cm³/mol. The van der Waals surface area contributed by atoms with Gasteiger partial charge < -0.3 is 19.1 Å². The van der Waals surface area contributed by atoms with Gasteiger partial charge in [0.1, 0.15) is 17.3 Å². The molecule has 6 nitrogen and oxygen atoms in total. The summed E-state index contributed by atoms with van der Waals surface area (Å²) in [7, 11) is 1.52. The summed E-state index contributed by atoms with van der Waals surface area (Å²) in [4.78, 5) is 23.5. The van der Waals surface area contributed by atoms with Gasteiger partial charge in [-0.25, -0.2) is 9.18 Å². The Hall–Kier alpha value is -3.61. The largest absolute Gasteiger partial charge is 0.507 e. The second-order valence-corrected chi connectivity index (χ2v) is 6.29. The molecule has 0 aliphatic rings. The van der Waals surface area contributed by atoms with E-state index in [1.165, 1.54) is 19.2 Å². The second kappa shape index (κ2) is 8.60. The Morgan fingerprint density at radius 2 is 1.90 bits per heavy atom. The first-order valence-electron chi connectivity index (χ1n) is 8.96. The third kappa shape index (κ3) is 4.45. The van der Waals surface area contributed by atoms with Crippen LogP contribution in [0.4, 0.5) is 4.39 Å². The van der Waals surface area contributed by atoms with Gasteiger partial charge in [-0.2, -0.15) is 0 Å². The summed E-state index contributed by atoms with van der Waals surface area (Å²) in [6.45, 7) is 2.07. The van der Waals surface area contributed by atoms with Crippen molar-refractivity contribution in [2.24, 2.45) is 0 Å². The van der Waals surface area contributed by atoms with Gasteiger partial charge in [0, 0.05) is 35.3 Å². The number of methoxy groups -OCH3 is 1. The molecule has 2 aromatic carbocycles. The van der Waals surface area contributed by atoms with E-state index >= 15 is 0 Å². The molecular formula is C22H20FNO5. The standard InChI is InChI=1S/C22H20FNO5/c1-3-29-22(27)21(26)11-20(25)18-13-24(12-14-4-6-15(23)7-5-14)19-9-8-16(28-2)10-17(18)19/h4-11,13,25H,3,12H2,1-2H3. The molecule has 0 atom stereocenters. The molecule has 1 aromatic heterocycles. The summed E-state index contributed by atoms with van der Waals surface area (Å²) in [5, 5.41) is 11.2. The van der Waals surface area contributed by atoms with E-state index in [0.29, 0.717) is 23.2 Å². The fraction of sp³-hybridized carbons (Fsp3) is 0.182. The molecule has 0 amide bonds. The molecule has 0 aliphatic carbocycles. The number of ether oxygens (including phenoxy) is 2. The van der Waals surface area contributed by atoms with Crippen molar-refractivity contribution in [2.75, 3.05) is 13.7 Å². The molecule has 150 valence electrons. The lowest BCUT2D eigenvalue weighted by Crippen LogP contribution is -2.15. The van der Waals surface area contributed by atoms with Crippen LogP contribution in [0, 0.1) is 5.82 Å². The van der Waals surface area contributed by atoms with Crippen molar-refractivity contribution in [3.63, 3.8) is 0 Å². The maximum absolute atomic E-state index is 13.2. The minimum atomic E-state index is -1.04. The van der Waals surface area contributed by atoms with Crippen molar-refractivity contribution in [2.45, 2.75) is 13.5 Å². The molecule has 0 spiro atoms. The minimum Gasteiger partial charge on any atom is -0.507 e. The van der Waals surface area contributed by atoms with E-state index in [2.05, 4.69) is 4.74 Å². The van der Waals surface area contributed by atoms with E-state index in [9.17, 15) is 19.1 Å². The Kier molecular flexibility index (Phi) is 5.97. The van der Waals surface area contributed by atoms with Crippen LogP contribution in [0.3, 0.4) is 0 Å². The molecule has 7 heteroatoms. The smallest absolute Gasteiger partial charge is 0.379 e. The molecule has 1 N–H and O–H groups in total. The molecule has 29 heavy (non-hydrogen) atoms. The van der Waals surface area contributed by atoms with Crippen LogP contribution in [-0.2, 0) is 20.9 Å². The van der Waals surface area contributed by atoms with Crippen LogP contribution >= 0.6 is 0 Å². The Labute approximate surface area is 166 Å². The maximum Gasteiger partial charge on any atom is 0.379 e. The molecule has 0 radical (unpaired) electrons. The Balaban J connectivity index is 2.04. The Bertz CT molecular complexity index is 1080. The minimum absolute atomic E-state index is 0.0628. The van der Waals surface area contributed by atoms with Crippen molar-refractivity contribution in [1.29, 1.82) is 0 Å². The van der Waals surface area contributed by atoms with Crippen LogP contribution in [0.5, 0.6) is 5.75 Å². The first kappa shape index (κ1) is 20.1. The summed E-state index contributed by atoms with van der Waals surface area (Å²) < 4.78 is 25.0. The molecular weight excluding hydrogens is 377 g/mol. The van der Waals surface area contributed by atoms with Crippen LogP contribution in [0.1, 0.15) is 18.1 Å². The monoisotopic (exact) mass is 397 g/mol. The number of aliphatic hydroxyl groups excluding tert-OH is 1. The van der Waals surface area contributed by atoms with Crippen molar-refractivity contribution < 1.29 is 28.6 Å². The van der Waals surface area contributed by atoms with Gasteiger partial charge in [-0.15, -0.1) is 0 Å². The van der Waals surface area contributed by atoms with E-state index in [-0.39, 0.29) is 18.2 Å². The number of hydrogen-bond donors (Lipinski definition) is 1. The van der Waals surface area contributed by atoms with Gasteiger partial charge >= 0.3 is 5.97 Å². The number of hydrogen-bond acceptors (Lipinski definition) is 5. The van der Waals surface area contributed by atoms with Crippen LogP contribution in [0.25, 0.3) is 16.7 Å². The third-order valence-corrected chi connectivity index (χ3v) is 4.37. The molecule has 0 aliphatic heterocycles. The summed E-state index contributed by atoms with van der Waals surface area (Å²) in [5.74, 6) is -2.10. The van der Waals surface area contributed by atoms with Gasteiger partial charge in [0.05, 0.1) is 13.7 Å². The number of rotatable bonds is 7. The molecule has 0 fully saturated rings. The van der Waals surface area contributed by atoms with Crippen molar-refractivity contribution >= 4 is 28.4 Å². The fourth-order valence-electron chi connectivity index (χ4n) is 2.99. The average Bonchev–Trinajstić information content (AvgIpc) is 3.07. The fourth-order valence-corrected chi connectivity index (χ4v) is 2.99. The zero-order valence-corrected chi connectivity index (χ0v) is 16.0. The number of ketones is 1. The number of benzene rings is 2. The molecule has 0 bridgehead atoms. The number of fused-ring (bicyclic) bond motifs is 1. The van der Waals surface area contributed by atoms with Gasteiger partial charge in [0.25, 0.3) is 5.78 Å². The normalized spacial score (nSPS) is 11.5. The van der Waals surface area contributed by atoms with Crippen LogP contribution in [0.15, 0.2) is 54.7 Å². The number of aliphatic hydroxyl groups is 1. The van der Waals surface area contributed by atoms with Crippen LogP contribution < -0.4 is 4.74 Å². The number of nitrogens with zero attached hydrogens (tertiary/aromatic N) is 1. The summed E-state index contributed by atoms with van der Waals surface area (Å²) >= 11 is 0. The summed E-state index contributed by atoms with van der Waals surface area (Å²) in [5.41, 5.74) is 1.99. The Morgan fingerprint density at radius 3 is 2.55 bits per heavy atom. The molecule has 0 unspecified atom stereocenters. The van der Waals surface area contributed by atoms with E-state index in [1.807, 2.05) is 10.6 Å². The number of esters is 1. The van der Waals surface area contributed by atoms with E-state index in [0.717, 1.165) is 17.2 Å². The van der Waals surface area contributed by atoms with Gasteiger partial charge in [0.2, 0.25) is 0 Å². The highest BCUT2D eigenvalue weighted by Gasteiger charge is 2.18. The van der Waals surface area contributed by atoms with Gasteiger partial charge in [0.15, 0.2) is 0 Å². The number of aromatic nitrogens is 1. The van der Waals surface area contributed by atoms with Crippen LogP contribution in [-0.4, -0.2) is 35.1 Å². The quantitative estimate of drug-likeness (QED) is 0.283. The van der Waals surface area contributed by atoms with Crippen molar-refractivity contribution in [3.8, 4) is 5.75 Å². The summed E-state index contributed by atoms with van der Waals surface area (Å²) in [6, 6.07) is 11.4. The molecule has 0 saturated carbocycles. The van der Waals surface area contributed by atoms with Crippen LogP contribution in [0.2, 0.25) is 0 Å². The van der Waals surface area contributed by atoms with E-state index < -0.39 is 11.8 Å². The van der Waals surface area contributed by atoms with Gasteiger partial charge in [-0.05, 0) is 42.8 Å². The number of carbonyl (C=O) groups is 2. The van der Waals surface area contributed by atoms with Gasteiger partial charge in [-0.3, -0.25) is 4.79 Å².